The second kappa shape index (κ2) is 7.00. The molecular formula is C13H17BrClNO2. The summed E-state index contributed by atoms with van der Waals surface area (Å²) in [7, 11) is 0. The Hall–Kier alpha value is -0.740. The Morgan fingerprint density at radius 3 is 2.83 bits per heavy atom. The van der Waals surface area contributed by atoms with Crippen LogP contribution in [0.4, 0.5) is 0 Å². The third-order valence-corrected chi connectivity index (χ3v) is 4.04. The van der Waals surface area contributed by atoms with E-state index in [4.69, 9.17) is 16.3 Å². The first kappa shape index (κ1) is 15.3. The minimum absolute atomic E-state index is 0.00128. The highest BCUT2D eigenvalue weighted by atomic mass is 79.9. The molecule has 1 amide bonds. The van der Waals surface area contributed by atoms with Crippen LogP contribution < -0.4 is 10.1 Å². The van der Waals surface area contributed by atoms with E-state index >= 15 is 0 Å². The van der Waals surface area contributed by atoms with Gasteiger partial charge in [0, 0.05) is 16.9 Å². The number of ether oxygens (including phenoxy) is 1. The van der Waals surface area contributed by atoms with Crippen LogP contribution in [0.2, 0.25) is 5.02 Å². The summed E-state index contributed by atoms with van der Waals surface area (Å²) in [6.07, 6.45) is 0. The van der Waals surface area contributed by atoms with Crippen LogP contribution in [-0.4, -0.2) is 24.4 Å². The van der Waals surface area contributed by atoms with Gasteiger partial charge in [0.2, 0.25) is 0 Å². The molecule has 0 atom stereocenters. The molecule has 0 saturated carbocycles. The monoisotopic (exact) mass is 333 g/mol. The van der Waals surface area contributed by atoms with E-state index in [2.05, 4.69) is 35.1 Å². The van der Waals surface area contributed by atoms with Crippen molar-refractivity contribution in [1.82, 2.24) is 5.32 Å². The van der Waals surface area contributed by atoms with Crippen LogP contribution in [0.3, 0.4) is 0 Å². The molecule has 1 aromatic rings. The number of hydrogen-bond donors (Lipinski definition) is 1. The average Bonchev–Trinajstić information content (AvgIpc) is 2.34. The molecule has 0 aromatic heterocycles. The molecule has 0 aliphatic heterocycles. The van der Waals surface area contributed by atoms with Gasteiger partial charge in [-0.15, -0.1) is 0 Å². The summed E-state index contributed by atoms with van der Waals surface area (Å²) in [6, 6.07) is 6.98. The van der Waals surface area contributed by atoms with E-state index in [9.17, 15) is 4.79 Å². The van der Waals surface area contributed by atoms with Crippen LogP contribution in [0.15, 0.2) is 24.3 Å². The fourth-order valence-corrected chi connectivity index (χ4v) is 1.52. The zero-order valence-corrected chi connectivity index (χ0v) is 12.8. The Balaban J connectivity index is 2.34. The third-order valence-electron chi connectivity index (χ3n) is 2.29. The molecular weight excluding hydrogens is 318 g/mol. The SMILES string of the molecule is CC(C)(CBr)CNC(=O)COc1cccc(Cl)c1. The van der Waals surface area contributed by atoms with Gasteiger partial charge in [-0.1, -0.05) is 47.4 Å². The van der Waals surface area contributed by atoms with E-state index in [1.807, 2.05) is 0 Å². The highest BCUT2D eigenvalue weighted by Crippen LogP contribution is 2.17. The smallest absolute Gasteiger partial charge is 0.257 e. The van der Waals surface area contributed by atoms with Gasteiger partial charge in [-0.25, -0.2) is 0 Å². The van der Waals surface area contributed by atoms with Crippen LogP contribution in [-0.2, 0) is 4.79 Å². The van der Waals surface area contributed by atoms with Gasteiger partial charge >= 0.3 is 0 Å². The first-order valence-electron chi connectivity index (χ1n) is 5.64. The first-order valence-corrected chi connectivity index (χ1v) is 7.14. The van der Waals surface area contributed by atoms with Gasteiger partial charge in [0.1, 0.15) is 5.75 Å². The molecule has 5 heteroatoms. The summed E-state index contributed by atoms with van der Waals surface area (Å²) in [4.78, 5) is 11.6. The molecule has 0 radical (unpaired) electrons. The standard InChI is InChI=1S/C13H17BrClNO2/c1-13(2,8-14)9-16-12(17)7-18-11-5-3-4-10(15)6-11/h3-6H,7-9H2,1-2H3,(H,16,17). The van der Waals surface area contributed by atoms with Crippen LogP contribution in [0, 0.1) is 5.41 Å². The van der Waals surface area contributed by atoms with Crippen LogP contribution in [0.25, 0.3) is 0 Å². The van der Waals surface area contributed by atoms with Gasteiger partial charge in [-0.2, -0.15) is 0 Å². The molecule has 1 rings (SSSR count). The van der Waals surface area contributed by atoms with Crippen molar-refractivity contribution in [2.24, 2.45) is 5.41 Å². The van der Waals surface area contributed by atoms with Crippen molar-refractivity contribution in [2.45, 2.75) is 13.8 Å². The van der Waals surface area contributed by atoms with Crippen molar-refractivity contribution in [3.63, 3.8) is 0 Å². The van der Waals surface area contributed by atoms with Gasteiger partial charge in [0.15, 0.2) is 6.61 Å². The lowest BCUT2D eigenvalue weighted by molar-refractivity contribution is -0.123. The molecule has 100 valence electrons. The topological polar surface area (TPSA) is 38.3 Å². The Morgan fingerprint density at radius 1 is 1.50 bits per heavy atom. The zero-order chi connectivity index (χ0) is 13.6. The van der Waals surface area contributed by atoms with Gasteiger partial charge < -0.3 is 10.1 Å². The second-order valence-electron chi connectivity index (χ2n) is 4.82. The number of carbonyl (C=O) groups excluding carboxylic acids is 1. The van der Waals surface area contributed by atoms with Gasteiger partial charge in [-0.3, -0.25) is 4.79 Å². The highest BCUT2D eigenvalue weighted by Gasteiger charge is 2.17. The van der Waals surface area contributed by atoms with E-state index in [0.717, 1.165) is 5.33 Å². The van der Waals surface area contributed by atoms with Gasteiger partial charge in [0.05, 0.1) is 0 Å². The molecule has 0 aliphatic rings. The lowest BCUT2D eigenvalue weighted by Gasteiger charge is -2.21. The molecule has 1 aromatic carbocycles. The maximum Gasteiger partial charge on any atom is 0.257 e. The van der Waals surface area contributed by atoms with E-state index in [1.54, 1.807) is 24.3 Å². The molecule has 1 N–H and O–H groups in total. The van der Waals surface area contributed by atoms with Crippen molar-refractivity contribution in [2.75, 3.05) is 18.5 Å². The fourth-order valence-electron chi connectivity index (χ4n) is 1.14. The van der Waals surface area contributed by atoms with Crippen molar-refractivity contribution >= 4 is 33.4 Å². The molecule has 0 bridgehead atoms. The van der Waals surface area contributed by atoms with E-state index in [0.29, 0.717) is 17.3 Å². The number of rotatable bonds is 6. The van der Waals surface area contributed by atoms with E-state index < -0.39 is 0 Å². The van der Waals surface area contributed by atoms with Crippen molar-refractivity contribution < 1.29 is 9.53 Å². The number of carbonyl (C=O) groups is 1. The number of halogens is 2. The minimum Gasteiger partial charge on any atom is -0.484 e. The quantitative estimate of drug-likeness (QED) is 0.811. The zero-order valence-electron chi connectivity index (χ0n) is 10.5. The number of alkyl halides is 1. The largest absolute Gasteiger partial charge is 0.484 e. The van der Waals surface area contributed by atoms with E-state index in [1.165, 1.54) is 0 Å². The summed E-state index contributed by atoms with van der Waals surface area (Å²) in [5.41, 5.74) is 0.0334. The molecule has 0 heterocycles. The molecule has 3 nitrogen and oxygen atoms in total. The molecule has 0 unspecified atom stereocenters. The first-order chi connectivity index (χ1) is 8.43. The fraction of sp³-hybridized carbons (Fsp3) is 0.462. The molecule has 0 aliphatic carbocycles. The van der Waals surface area contributed by atoms with Crippen molar-refractivity contribution in [3.05, 3.63) is 29.3 Å². The number of hydrogen-bond acceptors (Lipinski definition) is 2. The normalized spacial score (nSPS) is 11.1. The summed E-state index contributed by atoms with van der Waals surface area (Å²) in [5, 5.41) is 4.25. The van der Waals surface area contributed by atoms with Crippen LogP contribution >= 0.6 is 27.5 Å². The predicted octanol–water partition coefficient (Wildman–Crippen LogP) is 3.26. The highest BCUT2D eigenvalue weighted by molar-refractivity contribution is 9.09. The summed E-state index contributed by atoms with van der Waals surface area (Å²) in [6.45, 7) is 4.74. The molecule has 0 saturated heterocycles. The summed E-state index contributed by atoms with van der Waals surface area (Å²) < 4.78 is 5.34. The Labute approximate surface area is 121 Å². The van der Waals surface area contributed by atoms with Gasteiger partial charge in [0.25, 0.3) is 5.91 Å². The van der Waals surface area contributed by atoms with E-state index in [-0.39, 0.29) is 17.9 Å². The summed E-state index contributed by atoms with van der Waals surface area (Å²) in [5.74, 6) is 0.460. The van der Waals surface area contributed by atoms with Gasteiger partial charge in [-0.05, 0) is 23.6 Å². The minimum atomic E-state index is -0.135. The maximum atomic E-state index is 11.6. The number of nitrogens with one attached hydrogen (secondary N) is 1. The lowest BCUT2D eigenvalue weighted by Crippen LogP contribution is -2.37. The summed E-state index contributed by atoms with van der Waals surface area (Å²) >= 11 is 9.22. The predicted molar refractivity (Wildman–Crippen MR) is 77.5 cm³/mol. The molecule has 18 heavy (non-hydrogen) atoms. The molecule has 0 spiro atoms. The Morgan fingerprint density at radius 2 is 2.22 bits per heavy atom. The lowest BCUT2D eigenvalue weighted by atomic mass is 9.97. The average molecular weight is 335 g/mol. The van der Waals surface area contributed by atoms with Crippen LogP contribution in [0.5, 0.6) is 5.75 Å². The van der Waals surface area contributed by atoms with Crippen molar-refractivity contribution in [3.8, 4) is 5.75 Å². The third kappa shape index (κ3) is 5.74. The second-order valence-corrected chi connectivity index (χ2v) is 5.82. The number of benzene rings is 1. The maximum absolute atomic E-state index is 11.6. The molecule has 0 fully saturated rings. The Bertz CT molecular complexity index is 410. The Kier molecular flexibility index (Phi) is 5.96. The van der Waals surface area contributed by atoms with Crippen LogP contribution in [0.1, 0.15) is 13.8 Å². The van der Waals surface area contributed by atoms with Crippen molar-refractivity contribution in [1.29, 1.82) is 0 Å². The number of amides is 1.